The molecule has 1 amide bonds. The van der Waals surface area contributed by atoms with Crippen LogP contribution in [0.2, 0.25) is 0 Å². The van der Waals surface area contributed by atoms with E-state index in [1.165, 1.54) is 12.4 Å². The zero-order chi connectivity index (χ0) is 17.6. The second-order valence-electron chi connectivity index (χ2n) is 5.54. The van der Waals surface area contributed by atoms with E-state index in [0.29, 0.717) is 18.1 Å². The van der Waals surface area contributed by atoms with Gasteiger partial charge in [0, 0.05) is 29.1 Å². The second kappa shape index (κ2) is 7.90. The number of carbonyl (C=O) groups is 1. The summed E-state index contributed by atoms with van der Waals surface area (Å²) in [6.45, 7) is 2.50. The Balaban J connectivity index is 1.61. The molecule has 3 rings (SSSR count). The molecule has 3 aromatic rings. The maximum absolute atomic E-state index is 12.2. The van der Waals surface area contributed by atoms with Gasteiger partial charge in [0.05, 0.1) is 5.56 Å². The number of aryl methyl sites for hydroxylation is 1. The molecule has 0 atom stereocenters. The summed E-state index contributed by atoms with van der Waals surface area (Å²) in [5.41, 5.74) is 3.52. The molecule has 0 bridgehead atoms. The van der Waals surface area contributed by atoms with Crippen LogP contribution in [0.4, 0.5) is 11.6 Å². The Morgan fingerprint density at radius 1 is 1.08 bits per heavy atom. The third-order valence-electron chi connectivity index (χ3n) is 3.70. The Labute approximate surface area is 154 Å². The highest BCUT2D eigenvalue weighted by atomic mass is 79.9. The first-order valence-corrected chi connectivity index (χ1v) is 8.58. The zero-order valence-electron chi connectivity index (χ0n) is 13.7. The Morgan fingerprint density at radius 2 is 1.84 bits per heavy atom. The van der Waals surface area contributed by atoms with E-state index in [-0.39, 0.29) is 5.91 Å². The number of hydrogen-bond acceptors (Lipinski definition) is 4. The summed E-state index contributed by atoms with van der Waals surface area (Å²) >= 11 is 3.41. The summed E-state index contributed by atoms with van der Waals surface area (Å²) in [7, 11) is 0. The van der Waals surface area contributed by atoms with Gasteiger partial charge < -0.3 is 10.6 Å². The molecular formula is C19H17BrN4O. The fourth-order valence-corrected chi connectivity index (χ4v) is 2.69. The van der Waals surface area contributed by atoms with E-state index in [0.717, 1.165) is 21.3 Å². The molecular weight excluding hydrogens is 380 g/mol. The summed E-state index contributed by atoms with van der Waals surface area (Å²) in [6.07, 6.45) is 3.03. The highest BCUT2D eigenvalue weighted by Gasteiger charge is 2.08. The van der Waals surface area contributed by atoms with Crippen LogP contribution in [0.25, 0.3) is 0 Å². The SMILES string of the molecule is Cc1ccccc1CNC(=O)c1cnc(Nc2cccc(Br)c2)nc1. The third-order valence-corrected chi connectivity index (χ3v) is 4.19. The van der Waals surface area contributed by atoms with Gasteiger partial charge in [-0.05, 0) is 36.2 Å². The van der Waals surface area contributed by atoms with Gasteiger partial charge in [0.25, 0.3) is 5.91 Å². The first kappa shape index (κ1) is 17.1. The summed E-state index contributed by atoms with van der Waals surface area (Å²) < 4.78 is 0.963. The van der Waals surface area contributed by atoms with Gasteiger partial charge in [-0.3, -0.25) is 4.79 Å². The van der Waals surface area contributed by atoms with Gasteiger partial charge in [0.15, 0.2) is 0 Å². The number of hydrogen-bond donors (Lipinski definition) is 2. The lowest BCUT2D eigenvalue weighted by molar-refractivity contribution is 0.0950. The van der Waals surface area contributed by atoms with Crippen molar-refractivity contribution in [1.29, 1.82) is 0 Å². The average Bonchev–Trinajstić information content (AvgIpc) is 2.61. The highest BCUT2D eigenvalue weighted by molar-refractivity contribution is 9.10. The fraction of sp³-hybridized carbons (Fsp3) is 0.105. The lowest BCUT2D eigenvalue weighted by Gasteiger charge is -2.08. The molecule has 0 unspecified atom stereocenters. The second-order valence-corrected chi connectivity index (χ2v) is 6.46. The van der Waals surface area contributed by atoms with Crippen molar-refractivity contribution < 1.29 is 4.79 Å². The van der Waals surface area contributed by atoms with Crippen molar-refractivity contribution in [3.8, 4) is 0 Å². The Hall–Kier alpha value is -2.73. The molecule has 0 aliphatic heterocycles. The van der Waals surface area contributed by atoms with E-state index in [2.05, 4.69) is 36.5 Å². The zero-order valence-corrected chi connectivity index (χ0v) is 15.2. The first-order valence-electron chi connectivity index (χ1n) is 7.79. The van der Waals surface area contributed by atoms with Crippen molar-refractivity contribution in [2.24, 2.45) is 0 Å². The van der Waals surface area contributed by atoms with Crippen molar-refractivity contribution in [3.05, 3.63) is 82.1 Å². The van der Waals surface area contributed by atoms with Crippen molar-refractivity contribution >= 4 is 33.5 Å². The van der Waals surface area contributed by atoms with Crippen LogP contribution in [-0.4, -0.2) is 15.9 Å². The number of halogens is 1. The van der Waals surface area contributed by atoms with Gasteiger partial charge >= 0.3 is 0 Å². The molecule has 0 saturated heterocycles. The molecule has 0 aliphatic carbocycles. The van der Waals surface area contributed by atoms with Crippen LogP contribution in [0, 0.1) is 6.92 Å². The Kier molecular flexibility index (Phi) is 5.40. The van der Waals surface area contributed by atoms with Gasteiger partial charge in [-0.25, -0.2) is 9.97 Å². The number of carbonyl (C=O) groups excluding carboxylic acids is 1. The van der Waals surface area contributed by atoms with Gasteiger partial charge in [0.1, 0.15) is 0 Å². The molecule has 5 nitrogen and oxygen atoms in total. The van der Waals surface area contributed by atoms with Crippen LogP contribution in [0.15, 0.2) is 65.4 Å². The highest BCUT2D eigenvalue weighted by Crippen LogP contribution is 2.18. The minimum Gasteiger partial charge on any atom is -0.348 e. The molecule has 0 radical (unpaired) electrons. The summed E-state index contributed by atoms with van der Waals surface area (Å²) in [5.74, 6) is 0.241. The number of anilines is 2. The van der Waals surface area contributed by atoms with Crippen LogP contribution in [0.3, 0.4) is 0 Å². The van der Waals surface area contributed by atoms with Crippen molar-refractivity contribution in [2.45, 2.75) is 13.5 Å². The Morgan fingerprint density at radius 3 is 2.56 bits per heavy atom. The standard InChI is InChI=1S/C19H17BrN4O/c1-13-5-2-3-6-14(13)10-21-18(25)15-11-22-19(23-12-15)24-17-8-4-7-16(20)9-17/h2-9,11-12H,10H2,1H3,(H,21,25)(H,22,23,24). The quantitative estimate of drug-likeness (QED) is 0.677. The summed E-state index contributed by atoms with van der Waals surface area (Å²) in [6, 6.07) is 15.6. The molecule has 0 aliphatic rings. The number of nitrogens with one attached hydrogen (secondary N) is 2. The molecule has 0 fully saturated rings. The fourth-order valence-electron chi connectivity index (χ4n) is 2.29. The van der Waals surface area contributed by atoms with Crippen LogP contribution in [0.1, 0.15) is 21.5 Å². The van der Waals surface area contributed by atoms with Gasteiger partial charge in [-0.1, -0.05) is 46.3 Å². The lowest BCUT2D eigenvalue weighted by atomic mass is 10.1. The smallest absolute Gasteiger partial charge is 0.254 e. The van der Waals surface area contributed by atoms with E-state index in [1.807, 2.05) is 55.5 Å². The van der Waals surface area contributed by atoms with Crippen molar-refractivity contribution in [3.63, 3.8) is 0 Å². The molecule has 2 aromatic carbocycles. The summed E-state index contributed by atoms with van der Waals surface area (Å²) in [5, 5.41) is 5.98. The van der Waals surface area contributed by atoms with Crippen LogP contribution >= 0.6 is 15.9 Å². The Bertz CT molecular complexity index is 881. The topological polar surface area (TPSA) is 66.9 Å². The summed E-state index contributed by atoms with van der Waals surface area (Å²) in [4.78, 5) is 20.6. The molecule has 1 aromatic heterocycles. The van der Waals surface area contributed by atoms with E-state index in [9.17, 15) is 4.79 Å². The molecule has 0 saturated carbocycles. The monoisotopic (exact) mass is 396 g/mol. The van der Waals surface area contributed by atoms with Gasteiger partial charge in [-0.2, -0.15) is 0 Å². The van der Waals surface area contributed by atoms with Crippen LogP contribution in [-0.2, 0) is 6.54 Å². The minimum absolute atomic E-state index is 0.197. The largest absolute Gasteiger partial charge is 0.348 e. The average molecular weight is 397 g/mol. The van der Waals surface area contributed by atoms with Crippen LogP contribution in [0.5, 0.6) is 0 Å². The molecule has 25 heavy (non-hydrogen) atoms. The van der Waals surface area contributed by atoms with E-state index in [4.69, 9.17) is 0 Å². The number of nitrogens with zero attached hydrogens (tertiary/aromatic N) is 2. The number of rotatable bonds is 5. The number of aromatic nitrogens is 2. The number of benzene rings is 2. The predicted octanol–water partition coefficient (Wildman–Crippen LogP) is 4.22. The minimum atomic E-state index is -0.197. The number of amides is 1. The van der Waals surface area contributed by atoms with Crippen molar-refractivity contribution in [1.82, 2.24) is 15.3 Å². The van der Waals surface area contributed by atoms with E-state index < -0.39 is 0 Å². The normalized spacial score (nSPS) is 10.3. The molecule has 6 heteroatoms. The molecule has 0 spiro atoms. The maximum atomic E-state index is 12.2. The lowest BCUT2D eigenvalue weighted by Crippen LogP contribution is -2.23. The van der Waals surface area contributed by atoms with Gasteiger partial charge in [0.2, 0.25) is 5.95 Å². The predicted molar refractivity (Wildman–Crippen MR) is 102 cm³/mol. The maximum Gasteiger partial charge on any atom is 0.254 e. The first-order chi connectivity index (χ1) is 12.1. The molecule has 2 N–H and O–H groups in total. The van der Waals surface area contributed by atoms with Crippen molar-refractivity contribution in [2.75, 3.05) is 5.32 Å². The van der Waals surface area contributed by atoms with E-state index >= 15 is 0 Å². The van der Waals surface area contributed by atoms with Gasteiger partial charge in [-0.15, -0.1) is 0 Å². The molecule has 126 valence electrons. The third kappa shape index (κ3) is 4.64. The van der Waals surface area contributed by atoms with Crippen LogP contribution < -0.4 is 10.6 Å². The molecule has 1 heterocycles. The van der Waals surface area contributed by atoms with E-state index in [1.54, 1.807) is 0 Å².